The maximum Gasteiger partial charge on any atom is 0.325 e. The van der Waals surface area contributed by atoms with Gasteiger partial charge < -0.3 is 15.2 Å². The minimum Gasteiger partial charge on any atom is -0.480 e. The van der Waals surface area contributed by atoms with E-state index in [0.717, 1.165) is 5.56 Å². The lowest BCUT2D eigenvalue weighted by atomic mass is 10.1. The highest BCUT2D eigenvalue weighted by atomic mass is 16.5. The molecular weight excluding hydrogens is 288 g/mol. The number of benzene rings is 1. The Hall–Kier alpha value is -2.74. The van der Waals surface area contributed by atoms with Crippen LogP contribution in [0.1, 0.15) is 17.4 Å². The number of amides is 1. The number of carboxylic acid groups (broad SMARTS) is 1. The van der Waals surface area contributed by atoms with E-state index in [-0.39, 0.29) is 19.0 Å². The molecule has 0 saturated heterocycles. The summed E-state index contributed by atoms with van der Waals surface area (Å²) in [6.45, 7) is -0.128. The zero-order valence-electron chi connectivity index (χ0n) is 12.0. The van der Waals surface area contributed by atoms with Crippen LogP contribution >= 0.6 is 0 Å². The molecule has 1 heterocycles. The van der Waals surface area contributed by atoms with Crippen molar-refractivity contribution in [3.05, 3.63) is 47.8 Å². The van der Waals surface area contributed by atoms with E-state index in [1.54, 1.807) is 12.1 Å². The maximum absolute atomic E-state index is 12.1. The number of carbonyl (C=O) groups is 2. The molecule has 1 amide bonds. The van der Waals surface area contributed by atoms with Crippen molar-refractivity contribution in [2.75, 3.05) is 7.11 Å². The minimum atomic E-state index is -1.01. The second-order valence-electron chi connectivity index (χ2n) is 4.55. The van der Waals surface area contributed by atoms with E-state index in [1.165, 1.54) is 18.0 Å². The number of nitrogens with one attached hydrogen (secondary N) is 1. The molecule has 0 saturated carbocycles. The van der Waals surface area contributed by atoms with Gasteiger partial charge in [-0.25, -0.2) is 4.68 Å². The zero-order chi connectivity index (χ0) is 15.9. The Labute approximate surface area is 126 Å². The van der Waals surface area contributed by atoms with Crippen LogP contribution in [0.2, 0.25) is 0 Å². The summed E-state index contributed by atoms with van der Waals surface area (Å²) in [4.78, 5) is 22.7. The lowest BCUT2D eigenvalue weighted by Gasteiger charge is -2.14. The fraction of sp³-hybridized carbons (Fsp3) is 0.286. The maximum atomic E-state index is 12.1. The third kappa shape index (κ3) is 4.13. The van der Waals surface area contributed by atoms with E-state index < -0.39 is 12.1 Å². The molecule has 2 N–H and O–H groups in total. The smallest absolute Gasteiger partial charge is 0.325 e. The Morgan fingerprint density at radius 2 is 2.09 bits per heavy atom. The van der Waals surface area contributed by atoms with Crippen LogP contribution in [-0.4, -0.2) is 39.1 Å². The highest BCUT2D eigenvalue weighted by Gasteiger charge is 2.19. The van der Waals surface area contributed by atoms with Crippen molar-refractivity contribution in [3.63, 3.8) is 0 Å². The van der Waals surface area contributed by atoms with Crippen LogP contribution in [0.3, 0.4) is 0 Å². The van der Waals surface area contributed by atoms with E-state index in [1.807, 2.05) is 18.2 Å². The average molecular weight is 304 g/mol. The quantitative estimate of drug-likeness (QED) is 0.765. The van der Waals surface area contributed by atoms with Crippen LogP contribution in [-0.2, 0) is 27.4 Å². The molecular formula is C14H16N4O4. The number of aromatic nitrogens is 3. The summed E-state index contributed by atoms with van der Waals surface area (Å²) >= 11 is 0. The fourth-order valence-electron chi connectivity index (χ4n) is 1.93. The molecule has 1 aromatic heterocycles. The van der Waals surface area contributed by atoms with Gasteiger partial charge in [0.05, 0.1) is 12.7 Å². The van der Waals surface area contributed by atoms with Gasteiger partial charge in [0.1, 0.15) is 12.2 Å². The number of hydrogen-bond donors (Lipinski definition) is 2. The van der Waals surface area contributed by atoms with E-state index in [0.29, 0.717) is 5.69 Å². The predicted octanol–water partition coefficient (Wildman–Crippen LogP) is 0.367. The van der Waals surface area contributed by atoms with Gasteiger partial charge in [-0.15, -0.1) is 5.10 Å². The van der Waals surface area contributed by atoms with Crippen molar-refractivity contribution >= 4 is 11.9 Å². The summed E-state index contributed by atoms with van der Waals surface area (Å²) in [5.74, 6) is -1.31. The summed E-state index contributed by atoms with van der Waals surface area (Å²) in [6.07, 6.45) is 0.758. The Morgan fingerprint density at radius 3 is 2.73 bits per heavy atom. The first kappa shape index (κ1) is 15.6. The monoisotopic (exact) mass is 304 g/mol. The van der Waals surface area contributed by atoms with Crippen molar-refractivity contribution < 1.29 is 19.4 Å². The average Bonchev–Trinajstić information content (AvgIpc) is 2.94. The first-order chi connectivity index (χ1) is 10.6. The molecule has 116 valence electrons. The number of nitrogens with zero attached hydrogens (tertiary/aromatic N) is 3. The molecule has 8 heteroatoms. The Bertz CT molecular complexity index is 641. The van der Waals surface area contributed by atoms with Gasteiger partial charge in [0.25, 0.3) is 5.91 Å². The van der Waals surface area contributed by atoms with E-state index in [4.69, 9.17) is 9.84 Å². The SMILES string of the molecule is COC(C(=O)NCc1cn(CC(=O)O)nn1)c1ccccc1. The predicted molar refractivity (Wildman–Crippen MR) is 75.7 cm³/mol. The Kier molecular flexibility index (Phi) is 5.21. The van der Waals surface area contributed by atoms with Gasteiger partial charge in [-0.2, -0.15) is 0 Å². The van der Waals surface area contributed by atoms with Gasteiger partial charge in [-0.05, 0) is 5.56 Å². The lowest BCUT2D eigenvalue weighted by molar-refractivity contribution is -0.138. The molecule has 0 aliphatic carbocycles. The summed E-state index contributed by atoms with van der Waals surface area (Å²) in [5.41, 5.74) is 1.22. The van der Waals surface area contributed by atoms with Crippen LogP contribution in [0.4, 0.5) is 0 Å². The van der Waals surface area contributed by atoms with Crippen LogP contribution in [0.5, 0.6) is 0 Å². The molecule has 2 rings (SSSR count). The molecule has 8 nitrogen and oxygen atoms in total. The Morgan fingerprint density at radius 1 is 1.36 bits per heavy atom. The fourth-order valence-corrected chi connectivity index (χ4v) is 1.93. The van der Waals surface area contributed by atoms with Gasteiger partial charge in [0, 0.05) is 7.11 Å². The highest BCUT2D eigenvalue weighted by Crippen LogP contribution is 2.16. The highest BCUT2D eigenvalue weighted by molar-refractivity contribution is 5.82. The van der Waals surface area contributed by atoms with Crippen LogP contribution in [0.25, 0.3) is 0 Å². The molecule has 0 fully saturated rings. The van der Waals surface area contributed by atoms with Gasteiger partial charge in [-0.3, -0.25) is 9.59 Å². The third-order valence-corrected chi connectivity index (χ3v) is 2.90. The molecule has 0 bridgehead atoms. The molecule has 0 aliphatic heterocycles. The second kappa shape index (κ2) is 7.32. The number of methoxy groups -OCH3 is 1. The van der Waals surface area contributed by atoms with Crippen molar-refractivity contribution in [1.82, 2.24) is 20.3 Å². The van der Waals surface area contributed by atoms with Crippen molar-refractivity contribution in [1.29, 1.82) is 0 Å². The van der Waals surface area contributed by atoms with Gasteiger partial charge in [0.2, 0.25) is 0 Å². The number of carboxylic acids is 1. The molecule has 0 aliphatic rings. The molecule has 2 aromatic rings. The zero-order valence-corrected chi connectivity index (χ0v) is 12.0. The van der Waals surface area contributed by atoms with Crippen molar-refractivity contribution in [2.45, 2.75) is 19.2 Å². The number of ether oxygens (including phenoxy) is 1. The summed E-state index contributed by atoms with van der Waals surface area (Å²) in [5, 5.41) is 18.8. The largest absolute Gasteiger partial charge is 0.480 e. The van der Waals surface area contributed by atoms with Crippen LogP contribution in [0, 0.1) is 0 Å². The van der Waals surface area contributed by atoms with Crippen molar-refractivity contribution in [3.8, 4) is 0 Å². The van der Waals surface area contributed by atoms with E-state index in [9.17, 15) is 9.59 Å². The van der Waals surface area contributed by atoms with Gasteiger partial charge >= 0.3 is 5.97 Å². The van der Waals surface area contributed by atoms with Crippen LogP contribution < -0.4 is 5.32 Å². The molecule has 0 radical (unpaired) electrons. The summed E-state index contributed by atoms with van der Waals surface area (Å²) in [7, 11) is 1.46. The number of aliphatic carboxylic acids is 1. The first-order valence-corrected chi connectivity index (χ1v) is 6.56. The summed E-state index contributed by atoms with van der Waals surface area (Å²) in [6, 6.07) is 9.11. The van der Waals surface area contributed by atoms with Crippen LogP contribution in [0.15, 0.2) is 36.5 Å². The third-order valence-electron chi connectivity index (χ3n) is 2.90. The number of hydrogen-bond acceptors (Lipinski definition) is 5. The number of rotatable bonds is 7. The molecule has 1 aromatic carbocycles. The molecule has 1 unspecified atom stereocenters. The second-order valence-corrected chi connectivity index (χ2v) is 4.55. The molecule has 0 spiro atoms. The van der Waals surface area contributed by atoms with Gasteiger partial charge in [-0.1, -0.05) is 35.5 Å². The molecule has 1 atom stereocenters. The molecule has 22 heavy (non-hydrogen) atoms. The summed E-state index contributed by atoms with van der Waals surface area (Å²) < 4.78 is 6.40. The minimum absolute atomic E-state index is 0.144. The lowest BCUT2D eigenvalue weighted by Crippen LogP contribution is -2.30. The van der Waals surface area contributed by atoms with Gasteiger partial charge in [0.15, 0.2) is 6.10 Å². The topological polar surface area (TPSA) is 106 Å². The van der Waals surface area contributed by atoms with E-state index in [2.05, 4.69) is 15.6 Å². The first-order valence-electron chi connectivity index (χ1n) is 6.56. The standard InChI is InChI=1S/C14H16N4O4/c1-22-13(10-5-3-2-4-6-10)14(21)15-7-11-8-18(17-16-11)9-12(19)20/h2-6,8,13H,7,9H2,1H3,(H,15,21)(H,19,20). The van der Waals surface area contributed by atoms with Crippen molar-refractivity contribution in [2.24, 2.45) is 0 Å². The Balaban J connectivity index is 1.94. The van der Waals surface area contributed by atoms with E-state index >= 15 is 0 Å². The normalized spacial score (nSPS) is 11.9. The number of carbonyl (C=O) groups excluding carboxylic acids is 1.